The average Bonchev–Trinajstić information content (AvgIpc) is 2.41. The molecule has 1 aromatic carbocycles. The van der Waals surface area contributed by atoms with Gasteiger partial charge in [-0.2, -0.15) is 0 Å². The van der Waals surface area contributed by atoms with Crippen molar-refractivity contribution in [1.29, 1.82) is 0 Å². The summed E-state index contributed by atoms with van der Waals surface area (Å²) in [5.74, 6) is -0.278. The summed E-state index contributed by atoms with van der Waals surface area (Å²) < 4.78 is 13.7. The number of likely N-dealkylation sites (tertiary alicyclic amines) is 1. The zero-order valence-electron chi connectivity index (χ0n) is 12.8. The molecule has 2 nitrogen and oxygen atoms in total. The van der Waals surface area contributed by atoms with Crippen molar-refractivity contribution in [2.24, 2.45) is 11.3 Å². The van der Waals surface area contributed by atoms with Crippen LogP contribution in [0.25, 0.3) is 0 Å². The van der Waals surface area contributed by atoms with Gasteiger partial charge >= 0.3 is 0 Å². The van der Waals surface area contributed by atoms with Crippen LogP contribution in [0.5, 0.6) is 0 Å². The van der Waals surface area contributed by atoms with Crippen molar-refractivity contribution in [2.45, 2.75) is 39.7 Å². The first kappa shape index (κ1) is 15.5. The Hall–Kier alpha value is -0.930. The Morgan fingerprint density at radius 3 is 2.45 bits per heavy atom. The highest BCUT2D eigenvalue weighted by Gasteiger charge is 2.28. The second-order valence-corrected chi connectivity index (χ2v) is 6.91. The van der Waals surface area contributed by atoms with Gasteiger partial charge in [0.15, 0.2) is 0 Å². The van der Waals surface area contributed by atoms with Crippen LogP contribution in [0.15, 0.2) is 24.3 Å². The molecule has 1 aromatic rings. The summed E-state index contributed by atoms with van der Waals surface area (Å²) in [7, 11) is 0. The van der Waals surface area contributed by atoms with Crippen molar-refractivity contribution >= 4 is 0 Å². The highest BCUT2D eigenvalue weighted by Crippen LogP contribution is 2.31. The van der Waals surface area contributed by atoms with Crippen LogP contribution in [-0.2, 0) is 0 Å². The Morgan fingerprint density at radius 2 is 1.85 bits per heavy atom. The first-order valence-electron chi connectivity index (χ1n) is 7.54. The fourth-order valence-corrected chi connectivity index (χ4v) is 2.87. The van der Waals surface area contributed by atoms with Gasteiger partial charge in [-0.3, -0.25) is 0 Å². The third kappa shape index (κ3) is 3.80. The molecular weight excluding hydrogens is 253 g/mol. The van der Waals surface area contributed by atoms with Crippen LogP contribution in [0, 0.1) is 17.2 Å². The monoisotopic (exact) mass is 279 g/mol. The lowest BCUT2D eigenvalue weighted by Crippen LogP contribution is -2.40. The van der Waals surface area contributed by atoms with E-state index in [1.54, 1.807) is 18.2 Å². The van der Waals surface area contributed by atoms with E-state index in [0.717, 1.165) is 19.6 Å². The largest absolute Gasteiger partial charge is 0.388 e. The van der Waals surface area contributed by atoms with Crippen LogP contribution >= 0.6 is 0 Å². The fourth-order valence-electron chi connectivity index (χ4n) is 2.87. The molecule has 1 fully saturated rings. The number of rotatable bonds is 4. The van der Waals surface area contributed by atoms with E-state index < -0.39 is 6.10 Å². The zero-order chi connectivity index (χ0) is 14.8. The number of nitrogens with zero attached hydrogens (tertiary/aromatic N) is 1. The maximum atomic E-state index is 13.7. The van der Waals surface area contributed by atoms with Gasteiger partial charge in [-0.1, -0.05) is 39.0 Å². The summed E-state index contributed by atoms with van der Waals surface area (Å²) in [5.41, 5.74) is 0.849. The normalized spacial score (nSPS) is 22.4. The van der Waals surface area contributed by atoms with Crippen LogP contribution in [0.1, 0.15) is 45.3 Å². The standard InChI is InChI=1S/C17H26FNO/c1-13(12-19-10-8-17(2,3)9-11-19)16(20)14-6-4-5-7-15(14)18/h4-7,13,16,20H,8-12H2,1-3H3. The Bertz CT molecular complexity index is 436. The molecule has 20 heavy (non-hydrogen) atoms. The van der Waals surface area contributed by atoms with Crippen molar-refractivity contribution in [1.82, 2.24) is 4.90 Å². The van der Waals surface area contributed by atoms with E-state index in [1.165, 1.54) is 18.9 Å². The Morgan fingerprint density at radius 1 is 1.25 bits per heavy atom. The molecule has 1 heterocycles. The van der Waals surface area contributed by atoms with E-state index in [9.17, 15) is 9.50 Å². The van der Waals surface area contributed by atoms with Gasteiger partial charge in [0.25, 0.3) is 0 Å². The highest BCUT2D eigenvalue weighted by atomic mass is 19.1. The lowest BCUT2D eigenvalue weighted by Gasteiger charge is -2.38. The Labute approximate surface area is 121 Å². The van der Waals surface area contributed by atoms with E-state index in [1.807, 2.05) is 6.92 Å². The lowest BCUT2D eigenvalue weighted by molar-refractivity contribution is 0.0612. The van der Waals surface area contributed by atoms with Gasteiger partial charge in [0, 0.05) is 12.1 Å². The van der Waals surface area contributed by atoms with Gasteiger partial charge in [0.1, 0.15) is 5.82 Å². The van der Waals surface area contributed by atoms with E-state index in [-0.39, 0.29) is 11.7 Å². The second-order valence-electron chi connectivity index (χ2n) is 6.91. The number of benzene rings is 1. The second kappa shape index (κ2) is 6.23. The van der Waals surface area contributed by atoms with E-state index in [0.29, 0.717) is 11.0 Å². The summed E-state index contributed by atoms with van der Waals surface area (Å²) in [5, 5.41) is 10.3. The average molecular weight is 279 g/mol. The van der Waals surface area contributed by atoms with Crippen molar-refractivity contribution in [3.05, 3.63) is 35.6 Å². The SMILES string of the molecule is CC(CN1CCC(C)(C)CC1)C(O)c1ccccc1F. The molecule has 0 radical (unpaired) electrons. The minimum atomic E-state index is -0.730. The number of aliphatic hydroxyl groups excluding tert-OH is 1. The maximum absolute atomic E-state index is 13.7. The van der Waals surface area contributed by atoms with Crippen molar-refractivity contribution in [3.8, 4) is 0 Å². The van der Waals surface area contributed by atoms with Gasteiger partial charge in [-0.05, 0) is 43.3 Å². The zero-order valence-corrected chi connectivity index (χ0v) is 12.8. The summed E-state index contributed by atoms with van der Waals surface area (Å²) >= 11 is 0. The Kier molecular flexibility index (Phi) is 4.82. The molecular formula is C17H26FNO. The van der Waals surface area contributed by atoms with Crippen molar-refractivity contribution in [2.75, 3.05) is 19.6 Å². The molecule has 0 spiro atoms. The van der Waals surface area contributed by atoms with Crippen LogP contribution < -0.4 is 0 Å². The minimum Gasteiger partial charge on any atom is -0.388 e. The predicted octanol–water partition coefficient (Wildman–Crippen LogP) is 3.62. The predicted molar refractivity (Wildman–Crippen MR) is 80.0 cm³/mol. The quantitative estimate of drug-likeness (QED) is 0.910. The summed E-state index contributed by atoms with van der Waals surface area (Å²) in [6.45, 7) is 9.58. The van der Waals surface area contributed by atoms with Gasteiger partial charge < -0.3 is 10.0 Å². The van der Waals surface area contributed by atoms with E-state index in [4.69, 9.17) is 0 Å². The molecule has 0 amide bonds. The summed E-state index contributed by atoms with van der Waals surface area (Å²) in [6.07, 6.45) is 1.65. The van der Waals surface area contributed by atoms with Gasteiger partial charge in [-0.25, -0.2) is 4.39 Å². The first-order valence-corrected chi connectivity index (χ1v) is 7.54. The van der Waals surface area contributed by atoms with Gasteiger partial charge in [0.05, 0.1) is 6.10 Å². The molecule has 1 aliphatic heterocycles. The Balaban J connectivity index is 1.92. The molecule has 2 rings (SSSR count). The van der Waals surface area contributed by atoms with Crippen molar-refractivity contribution < 1.29 is 9.50 Å². The van der Waals surface area contributed by atoms with Gasteiger partial charge in [0.2, 0.25) is 0 Å². The molecule has 0 saturated carbocycles. The molecule has 1 N–H and O–H groups in total. The number of hydrogen-bond acceptors (Lipinski definition) is 2. The highest BCUT2D eigenvalue weighted by molar-refractivity contribution is 5.20. The van der Waals surface area contributed by atoms with E-state index in [2.05, 4.69) is 18.7 Å². The number of halogens is 1. The molecule has 112 valence electrons. The summed E-state index contributed by atoms with van der Waals surface area (Å²) in [4.78, 5) is 2.39. The van der Waals surface area contributed by atoms with Crippen LogP contribution in [0.3, 0.4) is 0 Å². The third-order valence-electron chi connectivity index (χ3n) is 4.52. The molecule has 0 bridgehead atoms. The van der Waals surface area contributed by atoms with E-state index >= 15 is 0 Å². The molecule has 0 aliphatic carbocycles. The molecule has 1 aliphatic rings. The van der Waals surface area contributed by atoms with Crippen LogP contribution in [0.2, 0.25) is 0 Å². The van der Waals surface area contributed by atoms with Crippen LogP contribution in [0.4, 0.5) is 4.39 Å². The fraction of sp³-hybridized carbons (Fsp3) is 0.647. The number of piperidine rings is 1. The lowest BCUT2D eigenvalue weighted by atomic mass is 9.82. The number of aliphatic hydroxyl groups is 1. The topological polar surface area (TPSA) is 23.5 Å². The molecule has 3 heteroatoms. The summed E-state index contributed by atoms with van der Waals surface area (Å²) in [6, 6.07) is 6.52. The molecule has 2 unspecified atom stereocenters. The third-order valence-corrected chi connectivity index (χ3v) is 4.52. The maximum Gasteiger partial charge on any atom is 0.129 e. The van der Waals surface area contributed by atoms with Gasteiger partial charge in [-0.15, -0.1) is 0 Å². The minimum absolute atomic E-state index is 0.0353. The molecule has 1 saturated heterocycles. The van der Waals surface area contributed by atoms with Crippen LogP contribution in [-0.4, -0.2) is 29.6 Å². The molecule has 2 atom stereocenters. The van der Waals surface area contributed by atoms with Crippen molar-refractivity contribution in [3.63, 3.8) is 0 Å². The first-order chi connectivity index (χ1) is 9.39. The smallest absolute Gasteiger partial charge is 0.129 e. The molecule has 0 aromatic heterocycles. The number of hydrogen-bond donors (Lipinski definition) is 1.